The molecule has 1 aliphatic heterocycles. The highest BCUT2D eigenvalue weighted by atomic mass is 32.2. The number of thiophene rings is 1. The van der Waals surface area contributed by atoms with Crippen molar-refractivity contribution in [1.29, 1.82) is 0 Å². The molecule has 0 bridgehead atoms. The third-order valence-electron chi connectivity index (χ3n) is 12.1. The van der Waals surface area contributed by atoms with Crippen molar-refractivity contribution in [2.45, 2.75) is 137 Å². The molecule has 378 valence electrons. The Hall–Kier alpha value is -5.62. The van der Waals surface area contributed by atoms with Crippen molar-refractivity contribution in [2.75, 3.05) is 19.7 Å². The standard InChI is InChI=1S/C53H67N3O12S2/c1-33(2)29-54(70(63,64)39-21-22-42(56(61)62)36(27-39)18-23-46(57)58)30-44-43(55(53(10,11)67-44)50(60)68-51(5,6)7)26-35-16-19-38(20-17-35)65-32-37-14-12-13-15-40(37)48-47(49(59)66-31-34(3)4)41-28-52(8,9)25-24-45(41)69-48/h12-23,27,33-34,43-44H,24-26,28-32H2,1-11H3,(H,57,58)/b23-18+/t43-,44+/m0/s1. The number of amides is 1. The maximum absolute atomic E-state index is 14.5. The van der Waals surface area contributed by atoms with E-state index in [-0.39, 0.29) is 59.8 Å². The summed E-state index contributed by atoms with van der Waals surface area (Å²) < 4.78 is 55.1. The molecule has 0 saturated carbocycles. The van der Waals surface area contributed by atoms with Gasteiger partial charge >= 0.3 is 18.0 Å². The van der Waals surface area contributed by atoms with E-state index < -0.39 is 56.2 Å². The lowest BCUT2D eigenvalue weighted by atomic mass is 9.76. The third-order valence-corrected chi connectivity index (χ3v) is 15.3. The first-order valence-corrected chi connectivity index (χ1v) is 25.9. The van der Waals surface area contributed by atoms with Gasteiger partial charge in [0.15, 0.2) is 0 Å². The van der Waals surface area contributed by atoms with E-state index in [0.29, 0.717) is 24.0 Å². The molecule has 2 atom stereocenters. The summed E-state index contributed by atoms with van der Waals surface area (Å²) in [4.78, 5) is 53.7. The Morgan fingerprint density at radius 1 is 1.01 bits per heavy atom. The smallest absolute Gasteiger partial charge is 0.412 e. The highest BCUT2D eigenvalue weighted by Gasteiger charge is 2.52. The number of fused-ring (bicyclic) bond motifs is 1. The van der Waals surface area contributed by atoms with Crippen LogP contribution < -0.4 is 4.74 Å². The van der Waals surface area contributed by atoms with Gasteiger partial charge in [0.25, 0.3) is 5.69 Å². The molecule has 6 rings (SSSR count). The molecule has 70 heavy (non-hydrogen) atoms. The molecule has 2 aliphatic rings. The van der Waals surface area contributed by atoms with Gasteiger partial charge in [0.2, 0.25) is 10.0 Å². The first-order valence-electron chi connectivity index (χ1n) is 23.7. The number of aryl methyl sites for hydroxylation is 1. The van der Waals surface area contributed by atoms with Crippen LogP contribution in [0.3, 0.4) is 0 Å². The number of nitro benzene ring substituents is 1. The molecule has 4 aromatic rings. The van der Waals surface area contributed by atoms with Gasteiger partial charge in [-0.1, -0.05) is 77.9 Å². The number of carbonyl (C=O) groups excluding carboxylic acids is 2. The highest BCUT2D eigenvalue weighted by molar-refractivity contribution is 7.89. The fraction of sp³-hybridized carbons (Fsp3) is 0.491. The molecule has 1 aromatic heterocycles. The second kappa shape index (κ2) is 21.4. The molecular formula is C53H67N3O12S2. The van der Waals surface area contributed by atoms with E-state index in [9.17, 15) is 38.0 Å². The number of carboxylic acid groups (broad SMARTS) is 1. The van der Waals surface area contributed by atoms with Crippen molar-refractivity contribution in [3.05, 3.63) is 116 Å². The first kappa shape index (κ1) is 53.7. The van der Waals surface area contributed by atoms with Gasteiger partial charge in [-0.3, -0.25) is 15.0 Å². The minimum atomic E-state index is -4.39. The van der Waals surface area contributed by atoms with Gasteiger partial charge in [-0.05, 0) is 130 Å². The molecule has 1 fully saturated rings. The number of sulfonamides is 1. The minimum Gasteiger partial charge on any atom is -0.489 e. The van der Waals surface area contributed by atoms with Crippen LogP contribution in [0.25, 0.3) is 16.5 Å². The molecule has 0 unspecified atom stereocenters. The van der Waals surface area contributed by atoms with Gasteiger partial charge in [-0.25, -0.2) is 22.8 Å². The van der Waals surface area contributed by atoms with Crippen LogP contribution in [-0.4, -0.2) is 88.9 Å². The maximum atomic E-state index is 14.5. The summed E-state index contributed by atoms with van der Waals surface area (Å²) >= 11 is 1.66. The van der Waals surface area contributed by atoms with Gasteiger partial charge < -0.3 is 24.1 Å². The topological polar surface area (TPSA) is 192 Å². The monoisotopic (exact) mass is 1000 g/mol. The average Bonchev–Trinajstić information content (AvgIpc) is 3.75. The van der Waals surface area contributed by atoms with E-state index >= 15 is 0 Å². The van der Waals surface area contributed by atoms with Crippen LogP contribution in [0.4, 0.5) is 10.5 Å². The number of hydrogen-bond acceptors (Lipinski definition) is 12. The third kappa shape index (κ3) is 13.0. The summed E-state index contributed by atoms with van der Waals surface area (Å²) in [6.07, 6.45) is 3.14. The Morgan fingerprint density at radius 2 is 1.70 bits per heavy atom. The molecule has 0 radical (unpaired) electrons. The largest absolute Gasteiger partial charge is 0.489 e. The Bertz CT molecular complexity index is 2720. The number of rotatable bonds is 18. The molecule has 0 spiro atoms. The average molecular weight is 1000 g/mol. The SMILES string of the molecule is CC(C)COC(=O)c1c(-c2ccccc2COc2ccc(C[C@H]3[C@@H](CN(CC(C)C)S(=O)(=O)c4ccc([N+](=O)[O-])c(/C=C/C(=O)O)c4)OC(C)(C)N3C(=O)OC(C)(C)C)cc2)sc2c1CC(C)(C)CC2. The van der Waals surface area contributed by atoms with Gasteiger partial charge in [0.05, 0.1) is 39.7 Å². The zero-order valence-corrected chi connectivity index (χ0v) is 43.7. The van der Waals surface area contributed by atoms with E-state index in [4.69, 9.17) is 18.9 Å². The van der Waals surface area contributed by atoms with E-state index in [0.717, 1.165) is 70.7 Å². The van der Waals surface area contributed by atoms with Crippen LogP contribution in [0.2, 0.25) is 0 Å². The molecule has 15 nitrogen and oxygen atoms in total. The molecule has 2 heterocycles. The summed E-state index contributed by atoms with van der Waals surface area (Å²) in [5, 5.41) is 21.0. The number of carboxylic acids is 1. The summed E-state index contributed by atoms with van der Waals surface area (Å²) in [7, 11) is -4.39. The van der Waals surface area contributed by atoms with Crippen LogP contribution in [0.15, 0.2) is 77.7 Å². The maximum Gasteiger partial charge on any atom is 0.412 e. The van der Waals surface area contributed by atoms with Crippen molar-refractivity contribution in [3.8, 4) is 16.2 Å². The van der Waals surface area contributed by atoms with Crippen LogP contribution in [0, 0.1) is 27.4 Å². The quantitative estimate of drug-likeness (QED) is 0.0430. The van der Waals surface area contributed by atoms with E-state index in [1.807, 2.05) is 76.2 Å². The molecule has 17 heteroatoms. The minimum absolute atomic E-state index is 0.0325. The van der Waals surface area contributed by atoms with Crippen LogP contribution in [0.5, 0.6) is 5.75 Å². The lowest BCUT2D eigenvalue weighted by molar-refractivity contribution is -0.385. The number of benzene rings is 3. The molecule has 1 amide bonds. The number of nitrogens with zero attached hydrogens (tertiary/aromatic N) is 3. The van der Waals surface area contributed by atoms with Gasteiger partial charge in [-0.2, -0.15) is 4.31 Å². The van der Waals surface area contributed by atoms with Crippen molar-refractivity contribution in [2.24, 2.45) is 17.3 Å². The Labute approximate surface area is 416 Å². The fourth-order valence-corrected chi connectivity index (χ4v) is 12.0. The van der Waals surface area contributed by atoms with Gasteiger partial charge in [-0.15, -0.1) is 11.3 Å². The van der Waals surface area contributed by atoms with Gasteiger partial charge in [0, 0.05) is 35.0 Å². The molecule has 1 saturated heterocycles. The van der Waals surface area contributed by atoms with Crippen molar-refractivity contribution < 1.29 is 51.8 Å². The lowest BCUT2D eigenvalue weighted by Gasteiger charge is -2.35. The molecule has 1 aliphatic carbocycles. The molecular weight excluding hydrogens is 935 g/mol. The number of nitro groups is 1. The number of aliphatic carboxylic acids is 1. The summed E-state index contributed by atoms with van der Waals surface area (Å²) in [5.74, 6) is -1.05. The molecule has 1 N–H and O–H groups in total. The lowest BCUT2D eigenvalue weighted by Crippen LogP contribution is -2.52. The second-order valence-corrected chi connectivity index (χ2v) is 24.3. The summed E-state index contributed by atoms with van der Waals surface area (Å²) in [5.41, 5.74) is 1.67. The predicted molar refractivity (Wildman–Crippen MR) is 269 cm³/mol. The fourth-order valence-electron chi connectivity index (χ4n) is 8.93. The summed E-state index contributed by atoms with van der Waals surface area (Å²) in [6.45, 7) is 21.3. The normalized spacial score (nSPS) is 17.8. The van der Waals surface area contributed by atoms with Crippen molar-refractivity contribution in [3.63, 3.8) is 0 Å². The van der Waals surface area contributed by atoms with E-state index in [2.05, 4.69) is 13.8 Å². The Balaban J connectivity index is 1.28. The van der Waals surface area contributed by atoms with E-state index in [1.54, 1.807) is 46.0 Å². The van der Waals surface area contributed by atoms with Crippen LogP contribution in [0.1, 0.15) is 120 Å². The van der Waals surface area contributed by atoms with Crippen LogP contribution in [-0.2, 0) is 54.9 Å². The van der Waals surface area contributed by atoms with Gasteiger partial charge in [0.1, 0.15) is 23.7 Å². The van der Waals surface area contributed by atoms with Crippen molar-refractivity contribution >= 4 is 51.2 Å². The zero-order valence-electron chi connectivity index (χ0n) is 42.1. The number of carbonyl (C=O) groups is 3. The van der Waals surface area contributed by atoms with E-state index in [1.165, 1.54) is 14.1 Å². The second-order valence-electron chi connectivity index (χ2n) is 21.2. The van der Waals surface area contributed by atoms with Crippen LogP contribution >= 0.6 is 11.3 Å². The molecule has 3 aromatic carbocycles. The summed E-state index contributed by atoms with van der Waals surface area (Å²) in [6, 6.07) is 17.9. The van der Waals surface area contributed by atoms with Crippen molar-refractivity contribution in [1.82, 2.24) is 9.21 Å². The first-order chi connectivity index (χ1) is 32.7. The Morgan fingerprint density at radius 3 is 2.33 bits per heavy atom. The zero-order chi connectivity index (χ0) is 51.5. The predicted octanol–water partition coefficient (Wildman–Crippen LogP) is 11.0. The number of ether oxygens (including phenoxy) is 4. The number of hydrogen-bond donors (Lipinski definition) is 1. The Kier molecular flexibility index (Phi) is 16.4. The highest BCUT2D eigenvalue weighted by Crippen LogP contribution is 2.46. The number of esters is 1.